The van der Waals surface area contributed by atoms with E-state index in [4.69, 9.17) is 5.73 Å². The SMILES string of the molecule is CS(=O)(=O)c1nscc1N. The lowest BCUT2D eigenvalue weighted by Gasteiger charge is -1.90. The molecule has 1 rings (SSSR count). The number of sulfone groups is 1. The first-order chi connectivity index (χ1) is 4.52. The summed E-state index contributed by atoms with van der Waals surface area (Å²) in [5.41, 5.74) is 5.52. The molecule has 6 heteroatoms. The molecule has 0 saturated carbocycles. The summed E-state index contributed by atoms with van der Waals surface area (Å²) in [6.07, 6.45) is 1.08. The van der Waals surface area contributed by atoms with Crippen molar-refractivity contribution in [2.45, 2.75) is 5.03 Å². The van der Waals surface area contributed by atoms with Gasteiger partial charge in [-0.05, 0) is 11.5 Å². The molecule has 2 N–H and O–H groups in total. The first kappa shape index (κ1) is 7.49. The maximum Gasteiger partial charge on any atom is 0.195 e. The molecule has 1 aromatic heterocycles. The van der Waals surface area contributed by atoms with Crippen molar-refractivity contribution < 1.29 is 8.42 Å². The van der Waals surface area contributed by atoms with Crippen LogP contribution in [0.1, 0.15) is 0 Å². The van der Waals surface area contributed by atoms with Crippen LogP contribution in [-0.4, -0.2) is 19.0 Å². The molecule has 0 bridgehead atoms. The van der Waals surface area contributed by atoms with Gasteiger partial charge in [-0.15, -0.1) is 0 Å². The summed E-state index contributed by atoms with van der Waals surface area (Å²) < 4.78 is 25.2. The van der Waals surface area contributed by atoms with Crippen LogP contribution in [0.5, 0.6) is 0 Å². The molecule has 0 aromatic carbocycles. The molecular weight excluding hydrogens is 172 g/mol. The van der Waals surface area contributed by atoms with Crippen LogP contribution >= 0.6 is 11.5 Å². The lowest BCUT2D eigenvalue weighted by atomic mass is 10.6. The summed E-state index contributed by atoms with van der Waals surface area (Å²) >= 11 is 1.04. The second kappa shape index (κ2) is 2.21. The average molecular weight is 178 g/mol. The van der Waals surface area contributed by atoms with Crippen LogP contribution in [0.4, 0.5) is 5.69 Å². The van der Waals surface area contributed by atoms with E-state index in [2.05, 4.69) is 4.37 Å². The normalized spacial score (nSPS) is 11.7. The van der Waals surface area contributed by atoms with Gasteiger partial charge < -0.3 is 5.73 Å². The molecule has 0 amide bonds. The van der Waals surface area contributed by atoms with Gasteiger partial charge in [-0.1, -0.05) is 0 Å². The molecule has 0 unspecified atom stereocenters. The Morgan fingerprint density at radius 1 is 1.70 bits per heavy atom. The lowest BCUT2D eigenvalue weighted by Crippen LogP contribution is -2.00. The molecule has 0 aliphatic rings. The molecule has 4 nitrogen and oxygen atoms in total. The maximum absolute atomic E-state index is 10.8. The van der Waals surface area contributed by atoms with E-state index in [0.717, 1.165) is 17.8 Å². The Bertz CT molecular complexity index is 327. The van der Waals surface area contributed by atoms with Gasteiger partial charge in [-0.2, -0.15) is 4.37 Å². The van der Waals surface area contributed by atoms with Gasteiger partial charge in [0.2, 0.25) is 0 Å². The number of anilines is 1. The molecule has 0 atom stereocenters. The van der Waals surface area contributed by atoms with Crippen LogP contribution in [-0.2, 0) is 9.84 Å². The van der Waals surface area contributed by atoms with Gasteiger partial charge in [-0.25, -0.2) is 8.42 Å². The van der Waals surface area contributed by atoms with E-state index in [-0.39, 0.29) is 10.7 Å². The molecule has 10 heavy (non-hydrogen) atoms. The molecule has 0 aliphatic heterocycles. The highest BCUT2D eigenvalue weighted by molar-refractivity contribution is 7.90. The summed E-state index contributed by atoms with van der Waals surface area (Å²) in [4.78, 5) is 0. The monoisotopic (exact) mass is 178 g/mol. The Labute approximate surface area is 62.8 Å². The highest BCUT2D eigenvalue weighted by Crippen LogP contribution is 2.17. The van der Waals surface area contributed by atoms with Gasteiger partial charge in [0.15, 0.2) is 14.9 Å². The second-order valence-corrected chi connectivity index (χ2v) is 4.41. The fourth-order valence-corrected chi connectivity index (χ4v) is 2.23. The smallest absolute Gasteiger partial charge is 0.195 e. The quantitative estimate of drug-likeness (QED) is 0.663. The Morgan fingerprint density at radius 2 is 2.30 bits per heavy atom. The average Bonchev–Trinajstić information content (AvgIpc) is 2.11. The number of hydrogen-bond donors (Lipinski definition) is 1. The predicted molar refractivity (Wildman–Crippen MR) is 39.6 cm³/mol. The predicted octanol–water partition coefficient (Wildman–Crippen LogP) is 0.129. The van der Waals surface area contributed by atoms with Crippen molar-refractivity contribution in [2.75, 3.05) is 12.0 Å². The Hall–Kier alpha value is -0.620. The Balaban J connectivity index is 3.32. The van der Waals surface area contributed by atoms with Crippen molar-refractivity contribution in [3.05, 3.63) is 5.38 Å². The third-order valence-corrected chi connectivity index (χ3v) is 2.71. The number of rotatable bonds is 1. The van der Waals surface area contributed by atoms with E-state index in [1.165, 1.54) is 5.38 Å². The Kier molecular flexibility index (Phi) is 1.65. The molecule has 56 valence electrons. The fraction of sp³-hybridized carbons (Fsp3) is 0.250. The number of nitrogens with two attached hydrogens (primary N) is 1. The van der Waals surface area contributed by atoms with Crippen molar-refractivity contribution in [3.63, 3.8) is 0 Å². The fourth-order valence-electron chi connectivity index (χ4n) is 0.516. The van der Waals surface area contributed by atoms with Crippen LogP contribution < -0.4 is 5.73 Å². The third-order valence-electron chi connectivity index (χ3n) is 0.913. The maximum atomic E-state index is 10.8. The molecule has 1 heterocycles. The van der Waals surface area contributed by atoms with Gasteiger partial charge in [0.25, 0.3) is 0 Å². The van der Waals surface area contributed by atoms with E-state index < -0.39 is 9.84 Å². The van der Waals surface area contributed by atoms with Gasteiger partial charge in [0.1, 0.15) is 0 Å². The van der Waals surface area contributed by atoms with Crippen molar-refractivity contribution in [3.8, 4) is 0 Å². The summed E-state index contributed by atoms with van der Waals surface area (Å²) in [6, 6.07) is 0. The minimum atomic E-state index is -3.22. The zero-order valence-corrected chi connectivity index (χ0v) is 6.87. The topological polar surface area (TPSA) is 73.0 Å². The number of nitrogen functional groups attached to an aromatic ring is 1. The third kappa shape index (κ3) is 1.27. The van der Waals surface area contributed by atoms with Crippen molar-refractivity contribution in [1.82, 2.24) is 4.37 Å². The van der Waals surface area contributed by atoms with E-state index in [9.17, 15) is 8.42 Å². The number of nitrogens with zero attached hydrogens (tertiary/aromatic N) is 1. The van der Waals surface area contributed by atoms with Crippen molar-refractivity contribution >= 4 is 27.1 Å². The molecular formula is C4H6N2O2S2. The van der Waals surface area contributed by atoms with Gasteiger partial charge in [-0.3, -0.25) is 0 Å². The van der Waals surface area contributed by atoms with Crippen LogP contribution in [0.2, 0.25) is 0 Å². The summed E-state index contributed by atoms with van der Waals surface area (Å²) in [5, 5.41) is 1.48. The minimum absolute atomic E-state index is 0.0162. The largest absolute Gasteiger partial charge is 0.396 e. The summed E-state index contributed by atoms with van der Waals surface area (Å²) in [5.74, 6) is 0. The van der Waals surface area contributed by atoms with Gasteiger partial charge in [0, 0.05) is 11.6 Å². The molecule has 1 aromatic rings. The molecule has 0 aliphatic carbocycles. The molecule has 0 radical (unpaired) electrons. The van der Waals surface area contributed by atoms with E-state index >= 15 is 0 Å². The molecule has 0 saturated heterocycles. The first-order valence-electron chi connectivity index (χ1n) is 2.41. The van der Waals surface area contributed by atoms with Gasteiger partial charge in [0.05, 0.1) is 5.69 Å². The summed E-state index contributed by atoms with van der Waals surface area (Å²) in [6.45, 7) is 0. The lowest BCUT2D eigenvalue weighted by molar-refractivity contribution is 0.600. The summed E-state index contributed by atoms with van der Waals surface area (Å²) in [7, 11) is -3.22. The van der Waals surface area contributed by atoms with E-state index in [1.807, 2.05) is 0 Å². The molecule has 0 fully saturated rings. The molecule has 0 spiro atoms. The van der Waals surface area contributed by atoms with Crippen molar-refractivity contribution in [2.24, 2.45) is 0 Å². The standard InChI is InChI=1S/C4H6N2O2S2/c1-10(7,8)4-3(5)2-9-6-4/h2H,5H2,1H3. The second-order valence-electron chi connectivity index (χ2n) is 1.85. The first-order valence-corrected chi connectivity index (χ1v) is 5.14. The highest BCUT2D eigenvalue weighted by Gasteiger charge is 2.13. The van der Waals surface area contributed by atoms with E-state index in [1.54, 1.807) is 0 Å². The van der Waals surface area contributed by atoms with Crippen LogP contribution in [0, 0.1) is 0 Å². The number of aromatic nitrogens is 1. The Morgan fingerprint density at radius 3 is 2.50 bits per heavy atom. The van der Waals surface area contributed by atoms with Crippen molar-refractivity contribution in [1.29, 1.82) is 0 Å². The number of hydrogen-bond acceptors (Lipinski definition) is 5. The minimum Gasteiger partial charge on any atom is -0.396 e. The highest BCUT2D eigenvalue weighted by atomic mass is 32.2. The zero-order valence-electron chi connectivity index (χ0n) is 5.23. The van der Waals surface area contributed by atoms with E-state index in [0.29, 0.717) is 0 Å². The zero-order chi connectivity index (χ0) is 7.78. The van der Waals surface area contributed by atoms with Crippen LogP contribution in [0.25, 0.3) is 0 Å². The van der Waals surface area contributed by atoms with Crippen LogP contribution in [0.15, 0.2) is 10.4 Å². The van der Waals surface area contributed by atoms with Crippen LogP contribution in [0.3, 0.4) is 0 Å². The van der Waals surface area contributed by atoms with Gasteiger partial charge >= 0.3 is 0 Å².